The van der Waals surface area contributed by atoms with E-state index in [-0.39, 0.29) is 5.91 Å². The number of carbonyl (C=O) groups excluding carboxylic acids is 1. The number of amides is 1. The molecule has 0 spiro atoms. The van der Waals surface area contributed by atoms with Crippen molar-refractivity contribution < 1.29 is 4.79 Å². The Kier molecular flexibility index (Phi) is 4.48. The Bertz CT molecular complexity index is 303. The molecule has 0 unspecified atom stereocenters. The Balaban J connectivity index is 2.34. The highest BCUT2D eigenvalue weighted by Gasteiger charge is 1.98. The van der Waals surface area contributed by atoms with Crippen molar-refractivity contribution in [2.24, 2.45) is 0 Å². The number of nitrogens with one attached hydrogen (secondary N) is 1. The summed E-state index contributed by atoms with van der Waals surface area (Å²) in [5.74, 6) is 0.0364. The van der Waals surface area contributed by atoms with Crippen LogP contribution in [0.3, 0.4) is 0 Å². The molecule has 0 aliphatic heterocycles. The van der Waals surface area contributed by atoms with Gasteiger partial charge in [0, 0.05) is 12.1 Å². The first-order chi connectivity index (χ1) is 6.83. The standard InChI is InChI=1S/C12H14NO/c1-2-3-5-10-12(14)13-11-8-6-4-7-9-11/h2-4,6-9H,1,5,10H2,(H,13,14)/b3-2+. The number of hydrogen-bond donors (Lipinski definition) is 1. The first kappa shape index (κ1) is 10.5. The molecule has 1 aromatic rings. The van der Waals surface area contributed by atoms with Gasteiger partial charge in [-0.05, 0) is 25.5 Å². The number of hydrogen-bond acceptors (Lipinski definition) is 1. The van der Waals surface area contributed by atoms with Crippen molar-refractivity contribution in [3.05, 3.63) is 49.4 Å². The normalized spacial score (nSPS) is 10.4. The quantitative estimate of drug-likeness (QED) is 0.773. The average molecular weight is 188 g/mol. The Morgan fingerprint density at radius 2 is 2.07 bits per heavy atom. The number of anilines is 1. The SMILES string of the molecule is [CH2]/C=C/CCC(=O)Nc1ccccc1. The molecule has 0 aliphatic rings. The zero-order valence-corrected chi connectivity index (χ0v) is 8.07. The van der Waals surface area contributed by atoms with Crippen LogP contribution < -0.4 is 5.32 Å². The molecule has 1 rings (SSSR count). The van der Waals surface area contributed by atoms with Crippen LogP contribution in [0.2, 0.25) is 0 Å². The van der Waals surface area contributed by atoms with E-state index in [2.05, 4.69) is 12.2 Å². The summed E-state index contributed by atoms with van der Waals surface area (Å²) in [5, 5.41) is 2.81. The van der Waals surface area contributed by atoms with E-state index in [4.69, 9.17) is 0 Å². The summed E-state index contributed by atoms with van der Waals surface area (Å²) in [6, 6.07) is 9.45. The summed E-state index contributed by atoms with van der Waals surface area (Å²) in [6.45, 7) is 3.55. The molecule has 1 N–H and O–H groups in total. The van der Waals surface area contributed by atoms with E-state index in [9.17, 15) is 4.79 Å². The molecule has 1 radical (unpaired) electrons. The van der Waals surface area contributed by atoms with Crippen LogP contribution >= 0.6 is 0 Å². The van der Waals surface area contributed by atoms with E-state index in [1.165, 1.54) is 0 Å². The zero-order valence-electron chi connectivity index (χ0n) is 8.07. The van der Waals surface area contributed by atoms with Gasteiger partial charge in [0.05, 0.1) is 0 Å². The minimum Gasteiger partial charge on any atom is -0.326 e. The molecule has 1 amide bonds. The Morgan fingerprint density at radius 3 is 2.71 bits per heavy atom. The molecule has 0 atom stereocenters. The lowest BCUT2D eigenvalue weighted by Gasteiger charge is -2.02. The third-order valence-corrected chi connectivity index (χ3v) is 1.76. The molecule has 1 aromatic carbocycles. The summed E-state index contributed by atoms with van der Waals surface area (Å²) in [7, 11) is 0. The largest absolute Gasteiger partial charge is 0.326 e. The highest BCUT2D eigenvalue weighted by molar-refractivity contribution is 5.90. The molecule has 0 saturated heterocycles. The first-order valence-electron chi connectivity index (χ1n) is 4.62. The Labute approximate surface area is 84.6 Å². The molecule has 2 heteroatoms. The van der Waals surface area contributed by atoms with Gasteiger partial charge in [-0.25, -0.2) is 0 Å². The van der Waals surface area contributed by atoms with Crippen molar-refractivity contribution in [1.82, 2.24) is 0 Å². The lowest BCUT2D eigenvalue weighted by molar-refractivity contribution is -0.116. The van der Waals surface area contributed by atoms with Gasteiger partial charge >= 0.3 is 0 Å². The van der Waals surface area contributed by atoms with Gasteiger partial charge in [-0.1, -0.05) is 30.4 Å². The number of carbonyl (C=O) groups is 1. The second kappa shape index (κ2) is 5.97. The van der Waals surface area contributed by atoms with Crippen LogP contribution in [0.5, 0.6) is 0 Å². The lowest BCUT2D eigenvalue weighted by atomic mass is 10.2. The maximum atomic E-state index is 11.3. The predicted octanol–water partition coefficient (Wildman–Crippen LogP) is 2.80. The van der Waals surface area contributed by atoms with Crippen LogP contribution in [0.15, 0.2) is 42.5 Å². The lowest BCUT2D eigenvalue weighted by Crippen LogP contribution is -2.10. The van der Waals surface area contributed by atoms with E-state index < -0.39 is 0 Å². The molecule has 0 aliphatic carbocycles. The van der Waals surface area contributed by atoms with Gasteiger partial charge in [0.2, 0.25) is 5.91 Å². The number of benzene rings is 1. The summed E-state index contributed by atoms with van der Waals surface area (Å²) < 4.78 is 0. The predicted molar refractivity (Wildman–Crippen MR) is 58.8 cm³/mol. The van der Waals surface area contributed by atoms with Crippen molar-refractivity contribution in [1.29, 1.82) is 0 Å². The minimum atomic E-state index is 0.0364. The van der Waals surface area contributed by atoms with Crippen molar-refractivity contribution in [2.45, 2.75) is 12.8 Å². The summed E-state index contributed by atoms with van der Waals surface area (Å²) in [5.41, 5.74) is 0.844. The Hall–Kier alpha value is -1.57. The second-order valence-electron chi connectivity index (χ2n) is 2.92. The van der Waals surface area contributed by atoms with Crippen LogP contribution in [0.25, 0.3) is 0 Å². The maximum absolute atomic E-state index is 11.3. The number of rotatable bonds is 4. The first-order valence-corrected chi connectivity index (χ1v) is 4.62. The molecule has 14 heavy (non-hydrogen) atoms. The number of para-hydroxylation sites is 1. The van der Waals surface area contributed by atoms with Crippen LogP contribution in [-0.2, 0) is 4.79 Å². The highest BCUT2D eigenvalue weighted by Crippen LogP contribution is 2.05. The molecule has 0 bridgehead atoms. The highest BCUT2D eigenvalue weighted by atomic mass is 16.1. The molecule has 0 saturated carbocycles. The van der Waals surface area contributed by atoms with Crippen molar-refractivity contribution in [2.75, 3.05) is 5.32 Å². The van der Waals surface area contributed by atoms with Crippen LogP contribution in [0, 0.1) is 6.92 Å². The molecular weight excluding hydrogens is 174 g/mol. The van der Waals surface area contributed by atoms with Gasteiger partial charge in [0.25, 0.3) is 0 Å². The van der Waals surface area contributed by atoms with Gasteiger partial charge in [-0.15, -0.1) is 0 Å². The molecule has 0 aromatic heterocycles. The van der Waals surface area contributed by atoms with E-state index in [1.807, 2.05) is 36.4 Å². The van der Waals surface area contributed by atoms with Gasteiger partial charge in [0.15, 0.2) is 0 Å². The summed E-state index contributed by atoms with van der Waals surface area (Å²) >= 11 is 0. The third-order valence-electron chi connectivity index (χ3n) is 1.76. The monoisotopic (exact) mass is 188 g/mol. The minimum absolute atomic E-state index is 0.0364. The molecule has 2 nitrogen and oxygen atoms in total. The van der Waals surface area contributed by atoms with E-state index in [1.54, 1.807) is 6.08 Å². The topological polar surface area (TPSA) is 29.1 Å². The van der Waals surface area contributed by atoms with Crippen LogP contribution in [0.1, 0.15) is 12.8 Å². The van der Waals surface area contributed by atoms with Crippen LogP contribution in [0.4, 0.5) is 5.69 Å². The van der Waals surface area contributed by atoms with E-state index >= 15 is 0 Å². The average Bonchev–Trinajstić information content (AvgIpc) is 2.20. The fourth-order valence-electron chi connectivity index (χ4n) is 1.08. The summed E-state index contributed by atoms with van der Waals surface area (Å²) in [4.78, 5) is 11.3. The van der Waals surface area contributed by atoms with Crippen LogP contribution in [-0.4, -0.2) is 5.91 Å². The van der Waals surface area contributed by atoms with E-state index in [0.29, 0.717) is 6.42 Å². The fourth-order valence-corrected chi connectivity index (χ4v) is 1.08. The summed E-state index contributed by atoms with van der Waals surface area (Å²) in [6.07, 6.45) is 4.82. The fraction of sp³-hybridized carbons (Fsp3) is 0.167. The van der Waals surface area contributed by atoms with E-state index in [0.717, 1.165) is 12.1 Å². The maximum Gasteiger partial charge on any atom is 0.224 e. The molecule has 0 fully saturated rings. The van der Waals surface area contributed by atoms with Crippen molar-refractivity contribution >= 4 is 11.6 Å². The molecule has 73 valence electrons. The van der Waals surface area contributed by atoms with Crippen molar-refractivity contribution in [3.8, 4) is 0 Å². The van der Waals surface area contributed by atoms with Crippen molar-refractivity contribution in [3.63, 3.8) is 0 Å². The van der Waals surface area contributed by atoms with Gasteiger partial charge < -0.3 is 5.32 Å². The third kappa shape index (κ3) is 3.90. The van der Waals surface area contributed by atoms with Gasteiger partial charge in [-0.3, -0.25) is 4.79 Å². The number of allylic oxidation sites excluding steroid dienone is 2. The Morgan fingerprint density at radius 1 is 1.36 bits per heavy atom. The van der Waals surface area contributed by atoms with Gasteiger partial charge in [0.1, 0.15) is 0 Å². The van der Waals surface area contributed by atoms with Gasteiger partial charge in [-0.2, -0.15) is 0 Å². The second-order valence-corrected chi connectivity index (χ2v) is 2.92. The molecule has 0 heterocycles. The molecular formula is C12H14NO. The zero-order chi connectivity index (χ0) is 10.2. The smallest absolute Gasteiger partial charge is 0.224 e.